The van der Waals surface area contributed by atoms with Gasteiger partial charge in [-0.05, 0) is 24.9 Å². The first kappa shape index (κ1) is 20.6. The molecule has 0 bridgehead atoms. The second-order valence-corrected chi connectivity index (χ2v) is 4.80. The fourth-order valence-corrected chi connectivity index (χ4v) is 1.76. The Morgan fingerprint density at radius 1 is 1.55 bits per heavy atom. The maximum atomic E-state index is 10.3. The lowest BCUT2D eigenvalue weighted by atomic mass is 10.3. The Morgan fingerprint density at radius 3 is 2.82 bits per heavy atom. The van der Waals surface area contributed by atoms with Crippen LogP contribution in [0, 0.1) is 10.1 Å². The van der Waals surface area contributed by atoms with Crippen molar-refractivity contribution >= 4 is 0 Å². The summed E-state index contributed by atoms with van der Waals surface area (Å²) in [6.07, 6.45) is 1.55. The summed E-state index contributed by atoms with van der Waals surface area (Å²) >= 11 is 0. The second-order valence-electron chi connectivity index (χ2n) is 4.80. The van der Waals surface area contributed by atoms with Gasteiger partial charge in [-0.2, -0.15) is 0 Å². The Balaban J connectivity index is 3.85. The molecule has 9 nitrogen and oxygen atoms in total. The first-order valence-electron chi connectivity index (χ1n) is 7.47. The van der Waals surface area contributed by atoms with Gasteiger partial charge in [-0.3, -0.25) is 5.73 Å². The molecule has 22 heavy (non-hydrogen) atoms. The number of hydrogen-bond acceptors (Lipinski definition) is 8. The van der Waals surface area contributed by atoms with Crippen LogP contribution in [0.1, 0.15) is 13.3 Å². The summed E-state index contributed by atoms with van der Waals surface area (Å²) in [4.78, 5) is 11.9. The Bertz CT molecular complexity index is 328. The lowest BCUT2D eigenvalue weighted by molar-refractivity contribution is -0.427. The normalized spacial score (nSPS) is 13.4. The maximum absolute atomic E-state index is 10.3. The summed E-state index contributed by atoms with van der Waals surface area (Å²) in [6, 6.07) is 0. The van der Waals surface area contributed by atoms with Gasteiger partial charge in [0.15, 0.2) is 0 Å². The summed E-state index contributed by atoms with van der Waals surface area (Å²) in [5.74, 6) is -0.472. The van der Waals surface area contributed by atoms with Crippen molar-refractivity contribution in [3.8, 4) is 0 Å². The van der Waals surface area contributed by atoms with Gasteiger partial charge < -0.3 is 35.5 Å². The van der Waals surface area contributed by atoms with E-state index in [0.29, 0.717) is 6.61 Å². The van der Waals surface area contributed by atoms with Crippen LogP contribution in [0.15, 0.2) is 12.0 Å². The molecule has 0 rings (SSSR count). The lowest BCUT2D eigenvalue weighted by Gasteiger charge is -2.21. The van der Waals surface area contributed by atoms with E-state index in [-0.39, 0.29) is 13.2 Å². The zero-order valence-corrected chi connectivity index (χ0v) is 13.5. The number of nitrogens with zero attached hydrogens (tertiary/aromatic N) is 2. The third-order valence-corrected chi connectivity index (χ3v) is 3.11. The minimum Gasteiger partial charge on any atom is -0.394 e. The fraction of sp³-hybridized carbons (Fsp3) is 0.846. The highest BCUT2D eigenvalue weighted by atomic mass is 16.6. The number of nitrogens with two attached hydrogens (primary N) is 1. The van der Waals surface area contributed by atoms with E-state index in [4.69, 9.17) is 10.5 Å². The smallest absolute Gasteiger partial charge is 0.329 e. The highest BCUT2D eigenvalue weighted by Gasteiger charge is 2.08. The maximum Gasteiger partial charge on any atom is 0.329 e. The van der Waals surface area contributed by atoms with Crippen LogP contribution in [0.2, 0.25) is 0 Å². The SMILES string of the molecule is CCN(CCCOC(CO)CN/C=C(\N)[N+](=O)[O-])CCNC. The van der Waals surface area contributed by atoms with Gasteiger partial charge >= 0.3 is 5.82 Å². The largest absolute Gasteiger partial charge is 0.394 e. The van der Waals surface area contributed by atoms with Gasteiger partial charge in [0.2, 0.25) is 0 Å². The van der Waals surface area contributed by atoms with Crippen LogP contribution in [0.3, 0.4) is 0 Å². The van der Waals surface area contributed by atoms with Crippen molar-refractivity contribution in [3.05, 3.63) is 22.1 Å². The summed E-state index contributed by atoms with van der Waals surface area (Å²) < 4.78 is 5.54. The number of likely N-dealkylation sites (N-methyl/N-ethyl adjacent to an activating group) is 2. The van der Waals surface area contributed by atoms with Crippen LogP contribution in [-0.4, -0.2) is 74.0 Å². The molecule has 0 aliphatic carbocycles. The number of hydrogen-bond donors (Lipinski definition) is 4. The molecule has 0 saturated carbocycles. The quantitative estimate of drug-likeness (QED) is 0.181. The molecule has 0 fully saturated rings. The van der Waals surface area contributed by atoms with Crippen molar-refractivity contribution in [2.75, 3.05) is 53.0 Å². The number of aliphatic hydroxyl groups is 1. The summed E-state index contributed by atoms with van der Waals surface area (Å²) in [5, 5.41) is 25.3. The van der Waals surface area contributed by atoms with Gasteiger partial charge in [-0.25, -0.2) is 0 Å². The Kier molecular flexibility index (Phi) is 12.4. The topological polar surface area (TPSA) is 126 Å². The third kappa shape index (κ3) is 10.3. The number of nitrogens with one attached hydrogen (secondary N) is 2. The molecule has 0 aromatic carbocycles. The third-order valence-electron chi connectivity index (χ3n) is 3.11. The van der Waals surface area contributed by atoms with Crippen LogP contribution in [0.25, 0.3) is 0 Å². The number of aliphatic hydroxyl groups excluding tert-OH is 1. The molecule has 0 aliphatic heterocycles. The zero-order valence-electron chi connectivity index (χ0n) is 13.5. The molecule has 1 unspecified atom stereocenters. The molecule has 0 spiro atoms. The minimum absolute atomic E-state index is 0.156. The molecular formula is C13H29N5O4. The molecule has 0 heterocycles. The molecule has 0 saturated heterocycles. The monoisotopic (exact) mass is 319 g/mol. The Hall–Kier alpha value is -1.42. The van der Waals surface area contributed by atoms with Crippen molar-refractivity contribution in [1.29, 1.82) is 0 Å². The molecule has 1 atom stereocenters. The van der Waals surface area contributed by atoms with Crippen LogP contribution in [-0.2, 0) is 4.74 Å². The second kappa shape index (κ2) is 13.3. The van der Waals surface area contributed by atoms with E-state index >= 15 is 0 Å². The van der Waals surface area contributed by atoms with E-state index < -0.39 is 16.8 Å². The van der Waals surface area contributed by atoms with E-state index in [2.05, 4.69) is 22.5 Å². The molecular weight excluding hydrogens is 290 g/mol. The number of rotatable bonds is 14. The van der Waals surface area contributed by atoms with E-state index in [1.165, 1.54) is 0 Å². The first-order valence-corrected chi connectivity index (χ1v) is 7.47. The average molecular weight is 319 g/mol. The molecule has 9 heteroatoms. The first-order chi connectivity index (χ1) is 10.5. The molecule has 0 amide bonds. The molecule has 0 aromatic rings. The van der Waals surface area contributed by atoms with Crippen LogP contribution in [0.5, 0.6) is 0 Å². The predicted molar refractivity (Wildman–Crippen MR) is 84.8 cm³/mol. The van der Waals surface area contributed by atoms with Crippen molar-refractivity contribution in [2.24, 2.45) is 5.73 Å². The highest BCUT2D eigenvalue weighted by molar-refractivity contribution is 4.83. The van der Waals surface area contributed by atoms with Crippen molar-refractivity contribution in [1.82, 2.24) is 15.5 Å². The van der Waals surface area contributed by atoms with Crippen molar-refractivity contribution in [2.45, 2.75) is 19.4 Å². The van der Waals surface area contributed by atoms with E-state index in [0.717, 1.165) is 38.8 Å². The van der Waals surface area contributed by atoms with Gasteiger partial charge in [0.1, 0.15) is 0 Å². The zero-order chi connectivity index (χ0) is 16.8. The molecule has 130 valence electrons. The number of nitro groups is 1. The molecule has 0 aromatic heterocycles. The lowest BCUT2D eigenvalue weighted by Crippen LogP contribution is -2.33. The summed E-state index contributed by atoms with van der Waals surface area (Å²) in [6.45, 7) is 6.60. The standard InChI is InChI=1S/C13H29N5O4/c1-3-17(7-5-15-2)6-4-8-22-12(11-19)9-16-10-13(14)18(20)21/h10,12,15-16,19H,3-9,11,14H2,1-2H3/b13-10+. The van der Waals surface area contributed by atoms with Crippen LogP contribution >= 0.6 is 0 Å². The minimum atomic E-state index is -0.688. The van der Waals surface area contributed by atoms with E-state index in [9.17, 15) is 15.2 Å². The van der Waals surface area contributed by atoms with E-state index in [1.807, 2.05) is 7.05 Å². The Labute approximate surface area is 131 Å². The summed E-state index contributed by atoms with van der Waals surface area (Å²) in [5.41, 5.74) is 5.14. The molecule has 5 N–H and O–H groups in total. The fourth-order valence-electron chi connectivity index (χ4n) is 1.76. The van der Waals surface area contributed by atoms with Gasteiger partial charge in [0.05, 0.1) is 18.9 Å². The van der Waals surface area contributed by atoms with Crippen molar-refractivity contribution in [3.63, 3.8) is 0 Å². The number of ether oxygens (including phenoxy) is 1. The van der Waals surface area contributed by atoms with Crippen LogP contribution < -0.4 is 16.4 Å². The van der Waals surface area contributed by atoms with Gasteiger partial charge in [-0.15, -0.1) is 0 Å². The Morgan fingerprint density at radius 2 is 2.27 bits per heavy atom. The van der Waals surface area contributed by atoms with Gasteiger partial charge in [-0.1, -0.05) is 6.92 Å². The van der Waals surface area contributed by atoms with Crippen molar-refractivity contribution < 1.29 is 14.8 Å². The molecule has 0 radical (unpaired) electrons. The average Bonchev–Trinajstić information content (AvgIpc) is 2.51. The van der Waals surface area contributed by atoms with Gasteiger partial charge in [0, 0.05) is 32.8 Å². The molecule has 0 aliphatic rings. The summed E-state index contributed by atoms with van der Waals surface area (Å²) in [7, 11) is 1.93. The van der Waals surface area contributed by atoms with E-state index in [1.54, 1.807) is 0 Å². The van der Waals surface area contributed by atoms with Crippen LogP contribution in [0.4, 0.5) is 0 Å². The highest BCUT2D eigenvalue weighted by Crippen LogP contribution is 1.96. The van der Waals surface area contributed by atoms with Gasteiger partial charge in [0.25, 0.3) is 0 Å². The predicted octanol–water partition coefficient (Wildman–Crippen LogP) is -1.08.